The third-order valence-corrected chi connectivity index (χ3v) is 5.55. The van der Waals surface area contributed by atoms with Gasteiger partial charge in [-0.2, -0.15) is 0 Å². The van der Waals surface area contributed by atoms with E-state index in [9.17, 15) is 19.8 Å². The maximum Gasteiger partial charge on any atom is 0.191 e. The van der Waals surface area contributed by atoms with Crippen LogP contribution in [-0.4, -0.2) is 39.8 Å². The fourth-order valence-corrected chi connectivity index (χ4v) is 3.55. The summed E-state index contributed by atoms with van der Waals surface area (Å²) in [7, 11) is 0. The monoisotopic (exact) mass is 550 g/mol. The van der Waals surface area contributed by atoms with Crippen LogP contribution in [0, 0.1) is 0 Å². The molecule has 3 rings (SSSR count). The van der Waals surface area contributed by atoms with Gasteiger partial charge < -0.3 is 19.7 Å². The SMILES string of the molecule is CC1(C)O[C@@H](C(=O)C=C(O)c2ccc(Br)cc2)[C@H](C(=O)C=C(O)c2ccc(Br)cc2)O1. The first kappa shape index (κ1) is 23.4. The number of halogens is 2. The highest BCUT2D eigenvalue weighted by Crippen LogP contribution is 2.31. The van der Waals surface area contributed by atoms with E-state index < -0.39 is 29.6 Å². The van der Waals surface area contributed by atoms with Crippen molar-refractivity contribution in [3.8, 4) is 0 Å². The molecule has 0 aliphatic carbocycles. The normalized spacial score (nSPS) is 21.2. The lowest BCUT2D eigenvalue weighted by Gasteiger charge is -2.15. The third kappa shape index (κ3) is 5.92. The summed E-state index contributed by atoms with van der Waals surface area (Å²) in [4.78, 5) is 25.6. The van der Waals surface area contributed by atoms with Gasteiger partial charge in [-0.25, -0.2) is 0 Å². The minimum Gasteiger partial charge on any atom is -0.507 e. The number of carbonyl (C=O) groups is 2. The second-order valence-electron chi connectivity index (χ2n) is 7.35. The van der Waals surface area contributed by atoms with Crippen LogP contribution in [0.2, 0.25) is 0 Å². The first-order valence-electron chi connectivity index (χ1n) is 9.32. The molecular weight excluding hydrogens is 532 g/mol. The number of ketones is 2. The van der Waals surface area contributed by atoms with Crippen molar-refractivity contribution in [1.82, 2.24) is 0 Å². The average Bonchev–Trinajstić information content (AvgIpc) is 3.04. The predicted molar refractivity (Wildman–Crippen MR) is 123 cm³/mol. The smallest absolute Gasteiger partial charge is 0.191 e. The highest BCUT2D eigenvalue weighted by molar-refractivity contribution is 9.10. The van der Waals surface area contributed by atoms with Gasteiger partial charge in [-0.05, 0) is 38.1 Å². The average molecular weight is 552 g/mol. The third-order valence-electron chi connectivity index (χ3n) is 4.50. The minimum atomic E-state index is -1.27. The van der Waals surface area contributed by atoms with E-state index in [2.05, 4.69) is 31.9 Å². The van der Waals surface area contributed by atoms with Crippen LogP contribution in [0.3, 0.4) is 0 Å². The Labute approximate surface area is 196 Å². The summed E-state index contributed by atoms with van der Waals surface area (Å²) in [5.74, 6) is -2.96. The first-order valence-corrected chi connectivity index (χ1v) is 10.9. The molecule has 1 fully saturated rings. The van der Waals surface area contributed by atoms with Crippen molar-refractivity contribution >= 4 is 54.9 Å². The summed E-state index contributed by atoms with van der Waals surface area (Å²) < 4.78 is 12.9. The van der Waals surface area contributed by atoms with Gasteiger partial charge in [0.15, 0.2) is 29.6 Å². The van der Waals surface area contributed by atoms with E-state index in [4.69, 9.17) is 9.47 Å². The molecule has 2 aromatic rings. The van der Waals surface area contributed by atoms with Gasteiger partial charge in [0.1, 0.15) is 11.5 Å². The molecule has 0 bridgehead atoms. The second-order valence-corrected chi connectivity index (χ2v) is 9.19. The number of ether oxygens (including phenoxy) is 2. The lowest BCUT2D eigenvalue weighted by Crippen LogP contribution is -2.36. The van der Waals surface area contributed by atoms with Crippen LogP contribution < -0.4 is 0 Å². The van der Waals surface area contributed by atoms with Gasteiger partial charge in [0.2, 0.25) is 0 Å². The predicted octanol–water partition coefficient (Wildman–Crippen LogP) is 5.37. The Bertz CT molecular complexity index is 955. The van der Waals surface area contributed by atoms with Crippen molar-refractivity contribution in [2.45, 2.75) is 31.8 Å². The second kappa shape index (κ2) is 9.48. The molecule has 0 spiro atoms. The van der Waals surface area contributed by atoms with E-state index in [0.717, 1.165) is 21.1 Å². The van der Waals surface area contributed by atoms with E-state index in [0.29, 0.717) is 11.1 Å². The van der Waals surface area contributed by atoms with Gasteiger partial charge in [-0.15, -0.1) is 0 Å². The highest BCUT2D eigenvalue weighted by Gasteiger charge is 2.47. The summed E-state index contributed by atoms with van der Waals surface area (Å²) in [6.07, 6.45) is -0.516. The summed E-state index contributed by atoms with van der Waals surface area (Å²) in [6, 6.07) is 13.5. The fourth-order valence-electron chi connectivity index (χ4n) is 3.02. The first-order chi connectivity index (χ1) is 14.6. The Morgan fingerprint density at radius 2 is 1.10 bits per heavy atom. The number of hydrogen-bond acceptors (Lipinski definition) is 6. The minimum absolute atomic E-state index is 0.259. The van der Waals surface area contributed by atoms with Crippen molar-refractivity contribution in [3.63, 3.8) is 0 Å². The van der Waals surface area contributed by atoms with Crippen molar-refractivity contribution in [3.05, 3.63) is 80.8 Å². The van der Waals surface area contributed by atoms with Crippen molar-refractivity contribution in [2.75, 3.05) is 0 Å². The topological polar surface area (TPSA) is 93.1 Å². The molecule has 1 saturated heterocycles. The molecule has 1 aliphatic heterocycles. The molecule has 6 nitrogen and oxygen atoms in total. The maximum absolute atomic E-state index is 12.8. The molecule has 162 valence electrons. The number of carbonyl (C=O) groups excluding carboxylic acids is 2. The van der Waals surface area contributed by atoms with E-state index in [1.807, 2.05) is 0 Å². The number of aliphatic hydroxyl groups is 2. The quantitative estimate of drug-likeness (QED) is 0.370. The van der Waals surface area contributed by atoms with E-state index in [1.165, 1.54) is 0 Å². The van der Waals surface area contributed by atoms with Gasteiger partial charge in [-0.3, -0.25) is 9.59 Å². The zero-order valence-electron chi connectivity index (χ0n) is 16.7. The van der Waals surface area contributed by atoms with Gasteiger partial charge in [0.05, 0.1) is 0 Å². The molecule has 1 heterocycles. The van der Waals surface area contributed by atoms with Gasteiger partial charge in [0, 0.05) is 32.2 Å². The Morgan fingerprint density at radius 1 is 0.774 bits per heavy atom. The summed E-state index contributed by atoms with van der Waals surface area (Å²) in [5, 5.41) is 20.6. The summed E-state index contributed by atoms with van der Waals surface area (Å²) >= 11 is 6.61. The largest absolute Gasteiger partial charge is 0.507 e. The lowest BCUT2D eigenvalue weighted by molar-refractivity contribution is -0.155. The highest BCUT2D eigenvalue weighted by atomic mass is 79.9. The van der Waals surface area contributed by atoms with Gasteiger partial charge >= 0.3 is 0 Å². The number of benzene rings is 2. The van der Waals surface area contributed by atoms with Crippen molar-refractivity contribution < 1.29 is 29.3 Å². The van der Waals surface area contributed by atoms with Crippen molar-refractivity contribution in [2.24, 2.45) is 0 Å². The standard InChI is InChI=1S/C23H20Br2O6/c1-23(2)30-21(19(28)11-17(26)13-3-7-15(24)8-4-13)22(31-23)20(29)12-18(27)14-5-9-16(25)10-6-14/h3-12,21-22,26-27H,1-2H3/t21-,22-/m0/s1. The van der Waals surface area contributed by atoms with E-state index in [-0.39, 0.29) is 11.5 Å². The van der Waals surface area contributed by atoms with Gasteiger partial charge in [0.25, 0.3) is 0 Å². The molecule has 0 radical (unpaired) electrons. The fraction of sp³-hybridized carbons (Fsp3) is 0.217. The van der Waals surface area contributed by atoms with Gasteiger partial charge in [-0.1, -0.05) is 56.1 Å². The Kier molecular flexibility index (Phi) is 7.16. The molecule has 2 aromatic carbocycles. The van der Waals surface area contributed by atoms with Crippen LogP contribution >= 0.6 is 31.9 Å². The van der Waals surface area contributed by atoms with Crippen LogP contribution in [0.5, 0.6) is 0 Å². The maximum atomic E-state index is 12.8. The summed E-state index contributed by atoms with van der Waals surface area (Å²) in [6.45, 7) is 3.16. The van der Waals surface area contributed by atoms with E-state index in [1.54, 1.807) is 62.4 Å². The molecule has 0 saturated carbocycles. The molecule has 0 amide bonds. The molecule has 0 unspecified atom stereocenters. The van der Waals surface area contributed by atoms with Crippen LogP contribution in [0.1, 0.15) is 25.0 Å². The van der Waals surface area contributed by atoms with E-state index >= 15 is 0 Å². The number of hydrogen-bond donors (Lipinski definition) is 2. The zero-order valence-corrected chi connectivity index (χ0v) is 19.9. The molecule has 31 heavy (non-hydrogen) atoms. The van der Waals surface area contributed by atoms with Crippen LogP contribution in [0.25, 0.3) is 11.5 Å². The lowest BCUT2D eigenvalue weighted by atomic mass is 10.0. The van der Waals surface area contributed by atoms with Crippen LogP contribution in [0.15, 0.2) is 69.6 Å². The number of aliphatic hydroxyl groups excluding tert-OH is 2. The molecule has 1 aliphatic rings. The number of rotatable bonds is 6. The Hall–Kier alpha value is -2.26. The van der Waals surface area contributed by atoms with Crippen molar-refractivity contribution in [1.29, 1.82) is 0 Å². The molecule has 0 aromatic heterocycles. The Morgan fingerprint density at radius 3 is 1.42 bits per heavy atom. The van der Waals surface area contributed by atoms with Crippen LogP contribution in [-0.2, 0) is 19.1 Å². The zero-order chi connectivity index (χ0) is 22.8. The molecular formula is C23H20Br2O6. The molecule has 2 N–H and O–H groups in total. The summed E-state index contributed by atoms with van der Waals surface area (Å²) in [5.41, 5.74) is 0.871. The molecule has 8 heteroatoms. The van der Waals surface area contributed by atoms with Crippen LogP contribution in [0.4, 0.5) is 0 Å². The Balaban J connectivity index is 1.83. The molecule has 2 atom stereocenters.